The van der Waals surface area contributed by atoms with Crippen LogP contribution in [0.15, 0.2) is 22.7 Å². The molecule has 1 aromatic heterocycles. The zero-order valence-electron chi connectivity index (χ0n) is 10.1. The summed E-state index contributed by atoms with van der Waals surface area (Å²) in [4.78, 5) is 14.2. The lowest BCUT2D eigenvalue weighted by atomic mass is 10.2. The number of hydrogen-bond donors (Lipinski definition) is 1. The molecule has 0 saturated heterocycles. The van der Waals surface area contributed by atoms with E-state index in [0.717, 1.165) is 18.2 Å². The van der Waals surface area contributed by atoms with Crippen LogP contribution in [0.1, 0.15) is 11.7 Å². The molecule has 0 fully saturated rings. The molecule has 2 aromatic rings. The molecule has 0 saturated carbocycles. The lowest BCUT2D eigenvalue weighted by molar-refractivity contribution is -0.384. The molecule has 7 nitrogen and oxygen atoms in total. The number of halogens is 1. The van der Waals surface area contributed by atoms with E-state index in [2.05, 4.69) is 15.5 Å². The summed E-state index contributed by atoms with van der Waals surface area (Å²) in [6.45, 7) is 2.00. The molecule has 0 bridgehead atoms. The van der Waals surface area contributed by atoms with E-state index in [4.69, 9.17) is 4.52 Å². The van der Waals surface area contributed by atoms with Crippen molar-refractivity contribution in [2.75, 3.05) is 11.9 Å². The highest BCUT2D eigenvalue weighted by atomic mass is 19.1. The van der Waals surface area contributed by atoms with E-state index in [-0.39, 0.29) is 11.4 Å². The first-order valence-electron chi connectivity index (χ1n) is 5.53. The van der Waals surface area contributed by atoms with Crippen LogP contribution in [0.4, 0.5) is 15.8 Å². The van der Waals surface area contributed by atoms with Crippen LogP contribution in [-0.4, -0.2) is 21.6 Å². The van der Waals surface area contributed by atoms with Gasteiger partial charge in [0.15, 0.2) is 5.82 Å². The van der Waals surface area contributed by atoms with E-state index in [1.165, 1.54) is 0 Å². The van der Waals surface area contributed by atoms with Gasteiger partial charge < -0.3 is 9.84 Å². The minimum absolute atomic E-state index is 0.130. The number of hydrogen-bond acceptors (Lipinski definition) is 6. The average molecular weight is 266 g/mol. The van der Waals surface area contributed by atoms with Gasteiger partial charge in [0, 0.05) is 32.0 Å². The van der Waals surface area contributed by atoms with E-state index in [9.17, 15) is 14.5 Å². The summed E-state index contributed by atoms with van der Waals surface area (Å²) >= 11 is 0. The highest BCUT2D eigenvalue weighted by Gasteiger charge is 2.14. The van der Waals surface area contributed by atoms with Crippen molar-refractivity contribution in [3.05, 3.63) is 45.8 Å². The van der Waals surface area contributed by atoms with Gasteiger partial charge in [-0.15, -0.1) is 0 Å². The van der Waals surface area contributed by atoms with Gasteiger partial charge >= 0.3 is 0 Å². The Bertz CT molecular complexity index is 599. The Hall–Kier alpha value is -2.51. The molecule has 0 aliphatic heterocycles. The van der Waals surface area contributed by atoms with Crippen LogP contribution in [0.25, 0.3) is 0 Å². The van der Waals surface area contributed by atoms with Crippen LogP contribution in [0.3, 0.4) is 0 Å². The molecular formula is C11H11FN4O3. The van der Waals surface area contributed by atoms with Crippen molar-refractivity contribution in [1.82, 2.24) is 10.1 Å². The molecule has 0 unspecified atom stereocenters. The van der Waals surface area contributed by atoms with E-state index >= 15 is 0 Å². The summed E-state index contributed by atoms with van der Waals surface area (Å²) in [6.07, 6.45) is 0.422. The highest BCUT2D eigenvalue weighted by molar-refractivity contribution is 5.61. The predicted molar refractivity (Wildman–Crippen MR) is 64.3 cm³/mol. The minimum Gasteiger partial charge on any atom is -0.379 e. The molecule has 0 amide bonds. The van der Waals surface area contributed by atoms with Crippen molar-refractivity contribution < 1.29 is 13.8 Å². The lowest BCUT2D eigenvalue weighted by Gasteiger charge is -2.05. The third-order valence-corrected chi connectivity index (χ3v) is 2.39. The second-order valence-electron chi connectivity index (χ2n) is 3.82. The summed E-state index contributed by atoms with van der Waals surface area (Å²) in [7, 11) is 0. The largest absolute Gasteiger partial charge is 0.379 e. The van der Waals surface area contributed by atoms with E-state index in [1.807, 2.05) is 0 Å². The Morgan fingerprint density at radius 2 is 2.32 bits per heavy atom. The maximum atomic E-state index is 13.1. The van der Waals surface area contributed by atoms with Gasteiger partial charge in [-0.1, -0.05) is 5.16 Å². The van der Waals surface area contributed by atoms with E-state index in [0.29, 0.717) is 24.7 Å². The van der Waals surface area contributed by atoms with Crippen molar-refractivity contribution in [3.8, 4) is 0 Å². The van der Waals surface area contributed by atoms with Crippen molar-refractivity contribution in [3.63, 3.8) is 0 Å². The molecule has 1 aromatic carbocycles. The number of nitrogens with one attached hydrogen (secondary N) is 1. The van der Waals surface area contributed by atoms with Gasteiger partial charge in [0.25, 0.3) is 5.69 Å². The maximum Gasteiger partial charge on any atom is 0.292 e. The predicted octanol–water partition coefficient (Wildman–Crippen LogP) is 2.08. The van der Waals surface area contributed by atoms with Crippen LogP contribution >= 0.6 is 0 Å². The van der Waals surface area contributed by atoms with Gasteiger partial charge in [-0.2, -0.15) is 4.98 Å². The summed E-state index contributed by atoms with van der Waals surface area (Å²) in [5.41, 5.74) is -0.0455. The van der Waals surface area contributed by atoms with Gasteiger partial charge in [0.1, 0.15) is 11.5 Å². The first-order chi connectivity index (χ1) is 9.06. The molecule has 0 spiro atoms. The topological polar surface area (TPSA) is 94.1 Å². The monoisotopic (exact) mass is 266 g/mol. The second-order valence-corrected chi connectivity index (χ2v) is 3.82. The summed E-state index contributed by atoms with van der Waals surface area (Å²) < 4.78 is 17.9. The number of anilines is 1. The van der Waals surface area contributed by atoms with Crippen LogP contribution in [0.5, 0.6) is 0 Å². The molecule has 2 rings (SSSR count). The second kappa shape index (κ2) is 5.42. The number of nitro benzene ring substituents is 1. The summed E-state index contributed by atoms with van der Waals surface area (Å²) in [5, 5.41) is 17.3. The smallest absolute Gasteiger partial charge is 0.292 e. The van der Waals surface area contributed by atoms with Crippen LogP contribution in [0, 0.1) is 22.9 Å². The van der Waals surface area contributed by atoms with Crippen molar-refractivity contribution >= 4 is 11.4 Å². The normalized spacial score (nSPS) is 10.4. The fourth-order valence-corrected chi connectivity index (χ4v) is 1.56. The zero-order valence-corrected chi connectivity index (χ0v) is 10.1. The molecule has 0 radical (unpaired) electrons. The lowest BCUT2D eigenvalue weighted by Crippen LogP contribution is -2.08. The Morgan fingerprint density at radius 1 is 1.53 bits per heavy atom. The average Bonchev–Trinajstić information content (AvgIpc) is 2.75. The minimum atomic E-state index is -0.569. The van der Waals surface area contributed by atoms with Gasteiger partial charge in [-0.05, 0) is 6.07 Å². The maximum absolute atomic E-state index is 13.1. The zero-order chi connectivity index (χ0) is 13.8. The number of aryl methyl sites for hydroxylation is 1. The molecule has 100 valence electrons. The number of aromatic nitrogens is 2. The SMILES string of the molecule is Cc1nc(CCNc2cc(F)ccc2[N+](=O)[O-])no1. The quantitative estimate of drug-likeness (QED) is 0.657. The van der Waals surface area contributed by atoms with Crippen molar-refractivity contribution in [1.29, 1.82) is 0 Å². The summed E-state index contributed by atoms with van der Waals surface area (Å²) in [5.74, 6) is 0.402. The molecule has 0 aliphatic rings. The molecule has 0 atom stereocenters. The number of benzene rings is 1. The Balaban J connectivity index is 2.02. The van der Waals surface area contributed by atoms with E-state index in [1.54, 1.807) is 6.92 Å². The molecule has 1 heterocycles. The third kappa shape index (κ3) is 3.24. The van der Waals surface area contributed by atoms with Crippen LogP contribution < -0.4 is 5.32 Å². The fraction of sp³-hybridized carbons (Fsp3) is 0.273. The van der Waals surface area contributed by atoms with Gasteiger partial charge in [-0.3, -0.25) is 10.1 Å². The van der Waals surface area contributed by atoms with Gasteiger partial charge in [0.2, 0.25) is 5.89 Å². The Kier molecular flexibility index (Phi) is 3.69. The van der Waals surface area contributed by atoms with Crippen molar-refractivity contribution in [2.45, 2.75) is 13.3 Å². The number of nitrogens with zero attached hydrogens (tertiary/aromatic N) is 3. The van der Waals surface area contributed by atoms with E-state index < -0.39 is 10.7 Å². The van der Waals surface area contributed by atoms with Crippen LogP contribution in [-0.2, 0) is 6.42 Å². The molecule has 0 aliphatic carbocycles. The molecule has 19 heavy (non-hydrogen) atoms. The fourth-order valence-electron chi connectivity index (χ4n) is 1.56. The highest BCUT2D eigenvalue weighted by Crippen LogP contribution is 2.24. The standard InChI is InChI=1S/C11H11FN4O3/c1-7-14-11(15-19-7)4-5-13-9-6-8(12)2-3-10(9)16(17)18/h2-3,6,13H,4-5H2,1H3. The Labute approximate surface area is 107 Å². The Morgan fingerprint density at radius 3 is 2.95 bits per heavy atom. The molecular weight excluding hydrogens is 255 g/mol. The molecule has 1 N–H and O–H groups in total. The summed E-state index contributed by atoms with van der Waals surface area (Å²) in [6, 6.07) is 3.25. The van der Waals surface area contributed by atoms with Crippen molar-refractivity contribution in [2.24, 2.45) is 0 Å². The number of nitro groups is 1. The number of rotatable bonds is 5. The first kappa shape index (κ1) is 12.9. The third-order valence-electron chi connectivity index (χ3n) is 2.39. The van der Waals surface area contributed by atoms with Gasteiger partial charge in [0.05, 0.1) is 4.92 Å². The van der Waals surface area contributed by atoms with Crippen LogP contribution in [0.2, 0.25) is 0 Å². The first-order valence-corrected chi connectivity index (χ1v) is 5.53. The molecule has 8 heteroatoms. The van der Waals surface area contributed by atoms with Gasteiger partial charge in [-0.25, -0.2) is 4.39 Å².